The second-order valence-corrected chi connectivity index (χ2v) is 6.10. The molecule has 1 unspecified atom stereocenters. The maximum absolute atomic E-state index is 9.67. The van der Waals surface area contributed by atoms with Crippen LogP contribution in [0.4, 0.5) is 0 Å². The van der Waals surface area contributed by atoms with Gasteiger partial charge in [0.15, 0.2) is 0 Å². The van der Waals surface area contributed by atoms with E-state index in [1.807, 2.05) is 18.2 Å². The lowest BCUT2D eigenvalue weighted by Crippen LogP contribution is -2.22. The van der Waals surface area contributed by atoms with Crippen molar-refractivity contribution >= 4 is 11.6 Å². The molecule has 0 aliphatic carbocycles. The van der Waals surface area contributed by atoms with Crippen LogP contribution in [0.15, 0.2) is 48.5 Å². The molecule has 2 aromatic carbocycles. The Morgan fingerprint density at radius 3 is 2.43 bits per heavy atom. The zero-order chi connectivity index (χ0) is 15.2. The summed E-state index contributed by atoms with van der Waals surface area (Å²) in [6, 6.07) is 16.1. The fourth-order valence-electron chi connectivity index (χ4n) is 2.43. The Morgan fingerprint density at radius 2 is 1.76 bits per heavy atom. The van der Waals surface area contributed by atoms with Gasteiger partial charge in [0, 0.05) is 12.6 Å². The van der Waals surface area contributed by atoms with Crippen LogP contribution < -0.4 is 5.32 Å². The molecule has 0 spiro atoms. The van der Waals surface area contributed by atoms with E-state index in [4.69, 9.17) is 11.6 Å². The Hall–Kier alpha value is -1.51. The van der Waals surface area contributed by atoms with Gasteiger partial charge in [-0.1, -0.05) is 67.9 Å². The lowest BCUT2D eigenvalue weighted by molar-refractivity contribution is 0.427. The molecule has 0 radical (unpaired) electrons. The first-order valence-corrected chi connectivity index (χ1v) is 7.70. The summed E-state index contributed by atoms with van der Waals surface area (Å²) < 4.78 is 0. The van der Waals surface area contributed by atoms with E-state index in [9.17, 15) is 5.11 Å². The second kappa shape index (κ2) is 7.48. The summed E-state index contributed by atoms with van der Waals surface area (Å²) in [6.45, 7) is 5.08. The molecular formula is C18H22ClNO. The highest BCUT2D eigenvalue weighted by atomic mass is 35.5. The third kappa shape index (κ3) is 4.48. The van der Waals surface area contributed by atoms with Gasteiger partial charge >= 0.3 is 0 Å². The minimum absolute atomic E-state index is 0.135. The molecule has 0 saturated carbocycles. The van der Waals surface area contributed by atoms with Crippen molar-refractivity contribution in [3.8, 4) is 5.75 Å². The largest absolute Gasteiger partial charge is 0.506 e. The average molecular weight is 304 g/mol. The van der Waals surface area contributed by atoms with Gasteiger partial charge in [0.1, 0.15) is 5.75 Å². The van der Waals surface area contributed by atoms with E-state index in [-0.39, 0.29) is 11.8 Å². The molecule has 0 saturated heterocycles. The lowest BCUT2D eigenvalue weighted by atomic mass is 9.97. The number of aromatic hydroxyl groups is 1. The van der Waals surface area contributed by atoms with Crippen molar-refractivity contribution in [2.45, 2.75) is 32.9 Å². The van der Waals surface area contributed by atoms with Gasteiger partial charge in [0.05, 0.1) is 5.02 Å². The number of hydrogen-bond donors (Lipinski definition) is 2. The van der Waals surface area contributed by atoms with Crippen molar-refractivity contribution in [2.24, 2.45) is 5.92 Å². The van der Waals surface area contributed by atoms with Crippen LogP contribution in [0.5, 0.6) is 5.75 Å². The summed E-state index contributed by atoms with van der Waals surface area (Å²) in [6.07, 6.45) is 1.06. The molecule has 2 N–H and O–H groups in total. The molecule has 1 atom stereocenters. The molecule has 112 valence electrons. The number of halogens is 1. The Balaban J connectivity index is 2.11. The fourth-order valence-corrected chi connectivity index (χ4v) is 2.62. The Bertz CT molecular complexity index is 569. The van der Waals surface area contributed by atoms with E-state index in [0.29, 0.717) is 17.5 Å². The summed E-state index contributed by atoms with van der Waals surface area (Å²) in [5, 5.41) is 13.7. The van der Waals surface area contributed by atoms with Gasteiger partial charge in [-0.2, -0.15) is 0 Å². The van der Waals surface area contributed by atoms with Crippen LogP contribution in [0.3, 0.4) is 0 Å². The number of nitrogens with one attached hydrogen (secondary N) is 1. The fraction of sp³-hybridized carbons (Fsp3) is 0.333. The van der Waals surface area contributed by atoms with Crippen molar-refractivity contribution in [1.29, 1.82) is 0 Å². The van der Waals surface area contributed by atoms with Crippen LogP contribution in [0.2, 0.25) is 5.02 Å². The zero-order valence-corrected chi connectivity index (χ0v) is 13.3. The monoisotopic (exact) mass is 303 g/mol. The van der Waals surface area contributed by atoms with Crippen LogP contribution in [-0.4, -0.2) is 5.11 Å². The first-order chi connectivity index (χ1) is 10.1. The van der Waals surface area contributed by atoms with Crippen LogP contribution in [0.1, 0.15) is 37.4 Å². The first-order valence-electron chi connectivity index (χ1n) is 7.32. The van der Waals surface area contributed by atoms with E-state index in [1.54, 1.807) is 6.07 Å². The highest BCUT2D eigenvalue weighted by Gasteiger charge is 2.14. The van der Waals surface area contributed by atoms with Crippen LogP contribution in [-0.2, 0) is 6.54 Å². The number of rotatable bonds is 6. The third-order valence-electron chi connectivity index (χ3n) is 3.51. The van der Waals surface area contributed by atoms with E-state index in [0.717, 1.165) is 12.0 Å². The Labute approximate surface area is 131 Å². The maximum Gasteiger partial charge on any atom is 0.134 e. The van der Waals surface area contributed by atoms with Gasteiger partial charge in [0.25, 0.3) is 0 Å². The van der Waals surface area contributed by atoms with Gasteiger partial charge < -0.3 is 10.4 Å². The standard InChI is InChI=1S/C18H22ClNO/c1-13(2)11-16(14-7-4-3-5-8-14)20-12-15-9-6-10-17(21)18(15)19/h3-10,13,16,20-21H,11-12H2,1-2H3. The average Bonchev–Trinajstić information content (AvgIpc) is 2.48. The number of benzene rings is 2. The summed E-state index contributed by atoms with van der Waals surface area (Å²) >= 11 is 6.14. The molecule has 2 rings (SSSR count). The van der Waals surface area contributed by atoms with Crippen molar-refractivity contribution in [1.82, 2.24) is 5.32 Å². The molecule has 0 fully saturated rings. The Kier molecular flexibility index (Phi) is 5.66. The van der Waals surface area contributed by atoms with Crippen molar-refractivity contribution in [2.75, 3.05) is 0 Å². The molecule has 0 aliphatic rings. The highest BCUT2D eigenvalue weighted by molar-refractivity contribution is 6.32. The topological polar surface area (TPSA) is 32.3 Å². The second-order valence-electron chi connectivity index (χ2n) is 5.72. The first kappa shape index (κ1) is 15.9. The van der Waals surface area contributed by atoms with E-state index in [2.05, 4.69) is 43.4 Å². The quantitative estimate of drug-likeness (QED) is 0.793. The van der Waals surface area contributed by atoms with Gasteiger partial charge in [-0.25, -0.2) is 0 Å². The SMILES string of the molecule is CC(C)CC(NCc1cccc(O)c1Cl)c1ccccc1. The molecule has 3 heteroatoms. The smallest absolute Gasteiger partial charge is 0.134 e. The van der Waals surface area contributed by atoms with Gasteiger partial charge in [-0.05, 0) is 29.5 Å². The predicted octanol–water partition coefficient (Wildman–Crippen LogP) is 4.92. The number of phenols is 1. The van der Waals surface area contributed by atoms with E-state index < -0.39 is 0 Å². The molecule has 0 bridgehead atoms. The minimum Gasteiger partial charge on any atom is -0.506 e. The van der Waals surface area contributed by atoms with Crippen LogP contribution in [0.25, 0.3) is 0 Å². The molecule has 2 nitrogen and oxygen atoms in total. The van der Waals surface area contributed by atoms with Crippen molar-refractivity contribution < 1.29 is 5.11 Å². The molecule has 0 aromatic heterocycles. The van der Waals surface area contributed by atoms with Crippen LogP contribution >= 0.6 is 11.6 Å². The third-order valence-corrected chi connectivity index (χ3v) is 3.94. The van der Waals surface area contributed by atoms with Crippen LogP contribution in [0, 0.1) is 5.92 Å². The van der Waals surface area contributed by atoms with Gasteiger partial charge in [-0.3, -0.25) is 0 Å². The van der Waals surface area contributed by atoms with Gasteiger partial charge in [-0.15, -0.1) is 0 Å². The molecule has 0 heterocycles. The molecular weight excluding hydrogens is 282 g/mol. The van der Waals surface area contributed by atoms with E-state index >= 15 is 0 Å². The molecule has 0 aliphatic heterocycles. The van der Waals surface area contributed by atoms with E-state index in [1.165, 1.54) is 5.56 Å². The Morgan fingerprint density at radius 1 is 1.05 bits per heavy atom. The molecule has 2 aromatic rings. The number of hydrogen-bond acceptors (Lipinski definition) is 2. The summed E-state index contributed by atoms with van der Waals surface area (Å²) in [7, 11) is 0. The minimum atomic E-state index is 0.135. The summed E-state index contributed by atoms with van der Waals surface area (Å²) in [4.78, 5) is 0. The molecule has 0 amide bonds. The highest BCUT2D eigenvalue weighted by Crippen LogP contribution is 2.28. The maximum atomic E-state index is 9.67. The summed E-state index contributed by atoms with van der Waals surface area (Å²) in [5.41, 5.74) is 2.20. The number of phenolic OH excluding ortho intramolecular Hbond substituents is 1. The van der Waals surface area contributed by atoms with Crippen molar-refractivity contribution in [3.63, 3.8) is 0 Å². The normalized spacial score (nSPS) is 12.6. The zero-order valence-electron chi connectivity index (χ0n) is 12.5. The predicted molar refractivity (Wildman–Crippen MR) is 88.6 cm³/mol. The molecule has 21 heavy (non-hydrogen) atoms. The lowest BCUT2D eigenvalue weighted by Gasteiger charge is -2.21. The van der Waals surface area contributed by atoms with Crippen molar-refractivity contribution in [3.05, 3.63) is 64.7 Å². The van der Waals surface area contributed by atoms with Gasteiger partial charge in [0.2, 0.25) is 0 Å². The summed E-state index contributed by atoms with van der Waals surface area (Å²) in [5.74, 6) is 0.735.